The number of halogens is 1. The highest BCUT2D eigenvalue weighted by Gasteiger charge is 2.10. The fourth-order valence-corrected chi connectivity index (χ4v) is 2.11. The van der Waals surface area contributed by atoms with Crippen LogP contribution in [-0.4, -0.2) is 6.29 Å². The lowest BCUT2D eigenvalue weighted by Gasteiger charge is -2.06. The molecule has 0 amide bonds. The molecule has 0 atom stereocenters. The van der Waals surface area contributed by atoms with Crippen LogP contribution in [0.5, 0.6) is 0 Å². The van der Waals surface area contributed by atoms with Crippen LogP contribution in [0.2, 0.25) is 0 Å². The second-order valence-corrected chi connectivity index (χ2v) is 3.99. The zero-order valence-electron chi connectivity index (χ0n) is 9.39. The first-order chi connectivity index (χ1) is 8.79. The average molecular weight is 240 g/mol. The maximum absolute atomic E-state index is 13.1. The van der Waals surface area contributed by atoms with E-state index >= 15 is 0 Å². The van der Waals surface area contributed by atoms with Gasteiger partial charge in [-0.1, -0.05) is 18.2 Å². The van der Waals surface area contributed by atoms with Gasteiger partial charge >= 0.3 is 0 Å². The smallest absolute Gasteiger partial charge is 0.150 e. The Morgan fingerprint density at radius 1 is 1.06 bits per heavy atom. The van der Waals surface area contributed by atoms with E-state index in [0.29, 0.717) is 17.4 Å². The lowest BCUT2D eigenvalue weighted by Crippen LogP contribution is -1.89. The topological polar surface area (TPSA) is 30.2 Å². The number of carbonyl (C=O) groups excluding carboxylic acids is 1. The zero-order valence-corrected chi connectivity index (χ0v) is 9.39. The van der Waals surface area contributed by atoms with Crippen molar-refractivity contribution in [1.82, 2.24) is 0 Å². The summed E-state index contributed by atoms with van der Waals surface area (Å²) in [6.07, 6.45) is 2.26. The minimum atomic E-state index is -0.416. The fourth-order valence-electron chi connectivity index (χ4n) is 2.11. The predicted molar refractivity (Wildman–Crippen MR) is 67.0 cm³/mol. The second kappa shape index (κ2) is 4.11. The van der Waals surface area contributed by atoms with Crippen LogP contribution in [-0.2, 0) is 0 Å². The molecule has 3 heteroatoms. The molecular weight excluding hydrogens is 231 g/mol. The first-order valence-corrected chi connectivity index (χ1v) is 5.51. The van der Waals surface area contributed by atoms with Crippen molar-refractivity contribution in [1.29, 1.82) is 0 Å². The van der Waals surface area contributed by atoms with Gasteiger partial charge in [-0.3, -0.25) is 4.79 Å². The standard InChI is InChI=1S/C15H9FO2/c16-11-4-5-12(10(8-11)9-17)13-2-1-3-15-14(13)6-7-18-15/h1-9H. The lowest BCUT2D eigenvalue weighted by molar-refractivity contribution is 0.112. The highest BCUT2D eigenvalue weighted by Crippen LogP contribution is 2.31. The Morgan fingerprint density at radius 2 is 1.94 bits per heavy atom. The van der Waals surface area contributed by atoms with E-state index in [1.54, 1.807) is 12.3 Å². The Labute approximate surface area is 103 Å². The van der Waals surface area contributed by atoms with Gasteiger partial charge in [-0.15, -0.1) is 0 Å². The van der Waals surface area contributed by atoms with Crippen molar-refractivity contribution in [2.75, 3.05) is 0 Å². The Balaban J connectivity index is 2.32. The SMILES string of the molecule is O=Cc1cc(F)ccc1-c1cccc2occc12. The highest BCUT2D eigenvalue weighted by molar-refractivity contribution is 5.99. The molecule has 0 fully saturated rings. The van der Waals surface area contributed by atoms with E-state index in [-0.39, 0.29) is 0 Å². The monoisotopic (exact) mass is 240 g/mol. The molecule has 2 nitrogen and oxygen atoms in total. The fraction of sp³-hybridized carbons (Fsp3) is 0. The Hall–Kier alpha value is -2.42. The number of carbonyl (C=O) groups is 1. The molecule has 1 aromatic heterocycles. The van der Waals surface area contributed by atoms with Crippen LogP contribution in [0.15, 0.2) is 53.1 Å². The largest absolute Gasteiger partial charge is 0.464 e. The van der Waals surface area contributed by atoms with E-state index in [1.807, 2.05) is 24.3 Å². The van der Waals surface area contributed by atoms with Crippen molar-refractivity contribution in [3.8, 4) is 11.1 Å². The first-order valence-electron chi connectivity index (χ1n) is 5.51. The van der Waals surface area contributed by atoms with Crippen molar-refractivity contribution in [2.45, 2.75) is 0 Å². The summed E-state index contributed by atoms with van der Waals surface area (Å²) in [7, 11) is 0. The molecule has 0 aliphatic heterocycles. The molecule has 3 aromatic rings. The number of rotatable bonds is 2. The molecule has 0 N–H and O–H groups in total. The summed E-state index contributed by atoms with van der Waals surface area (Å²) >= 11 is 0. The Morgan fingerprint density at radius 3 is 2.78 bits per heavy atom. The zero-order chi connectivity index (χ0) is 12.5. The Kier molecular flexibility index (Phi) is 2.45. The van der Waals surface area contributed by atoms with E-state index in [0.717, 1.165) is 16.5 Å². The van der Waals surface area contributed by atoms with Gasteiger partial charge in [0, 0.05) is 10.9 Å². The van der Waals surface area contributed by atoms with Gasteiger partial charge in [0.25, 0.3) is 0 Å². The van der Waals surface area contributed by atoms with Gasteiger partial charge in [0.05, 0.1) is 6.26 Å². The minimum Gasteiger partial charge on any atom is -0.464 e. The van der Waals surface area contributed by atoms with Crippen molar-refractivity contribution >= 4 is 17.3 Å². The van der Waals surface area contributed by atoms with Crippen molar-refractivity contribution in [3.05, 3.63) is 60.1 Å². The van der Waals surface area contributed by atoms with E-state index < -0.39 is 5.82 Å². The molecular formula is C15H9FO2. The summed E-state index contributed by atoms with van der Waals surface area (Å²) < 4.78 is 18.4. The molecule has 0 saturated carbocycles. The Bertz CT molecular complexity index is 728. The van der Waals surface area contributed by atoms with Crippen molar-refractivity contribution in [2.24, 2.45) is 0 Å². The lowest BCUT2D eigenvalue weighted by atomic mass is 9.97. The van der Waals surface area contributed by atoms with E-state index in [1.165, 1.54) is 12.1 Å². The van der Waals surface area contributed by atoms with E-state index in [2.05, 4.69) is 0 Å². The van der Waals surface area contributed by atoms with Crippen LogP contribution in [0, 0.1) is 5.82 Å². The first kappa shape index (κ1) is 10.7. The molecule has 3 rings (SSSR count). The van der Waals surface area contributed by atoms with Crippen LogP contribution in [0.3, 0.4) is 0 Å². The summed E-state index contributed by atoms with van der Waals surface area (Å²) in [5, 5.41) is 0.909. The number of hydrogen-bond donors (Lipinski definition) is 0. The number of fused-ring (bicyclic) bond motifs is 1. The molecule has 1 heterocycles. The third-order valence-corrected chi connectivity index (χ3v) is 2.93. The summed E-state index contributed by atoms with van der Waals surface area (Å²) in [5.74, 6) is -0.416. The van der Waals surface area contributed by atoms with Gasteiger partial charge in [0.1, 0.15) is 11.4 Å². The summed E-state index contributed by atoms with van der Waals surface area (Å²) in [4.78, 5) is 11.0. The van der Waals surface area contributed by atoms with E-state index in [9.17, 15) is 9.18 Å². The highest BCUT2D eigenvalue weighted by atomic mass is 19.1. The van der Waals surface area contributed by atoms with Crippen molar-refractivity contribution < 1.29 is 13.6 Å². The van der Waals surface area contributed by atoms with Gasteiger partial charge in [-0.2, -0.15) is 0 Å². The third-order valence-electron chi connectivity index (χ3n) is 2.93. The third kappa shape index (κ3) is 1.61. The number of aldehydes is 1. The van der Waals surface area contributed by atoms with Crippen LogP contribution in [0.1, 0.15) is 10.4 Å². The normalized spacial score (nSPS) is 10.7. The van der Waals surface area contributed by atoms with Crippen molar-refractivity contribution in [3.63, 3.8) is 0 Å². The number of hydrogen-bond acceptors (Lipinski definition) is 2. The van der Waals surface area contributed by atoms with Crippen LogP contribution in [0.25, 0.3) is 22.1 Å². The van der Waals surface area contributed by atoms with Gasteiger partial charge in [0.15, 0.2) is 6.29 Å². The van der Waals surface area contributed by atoms with Crippen LogP contribution >= 0.6 is 0 Å². The van der Waals surface area contributed by atoms with Gasteiger partial charge < -0.3 is 4.42 Å². The molecule has 0 aliphatic rings. The van der Waals surface area contributed by atoms with Gasteiger partial charge in [-0.25, -0.2) is 4.39 Å². The van der Waals surface area contributed by atoms with Crippen LogP contribution < -0.4 is 0 Å². The number of furan rings is 1. The molecule has 0 aliphatic carbocycles. The summed E-state index contributed by atoms with van der Waals surface area (Å²) in [6.45, 7) is 0. The molecule has 88 valence electrons. The van der Waals surface area contributed by atoms with Crippen LogP contribution in [0.4, 0.5) is 4.39 Å². The summed E-state index contributed by atoms with van der Waals surface area (Å²) in [5.41, 5.74) is 2.65. The van der Waals surface area contributed by atoms with Gasteiger partial charge in [-0.05, 0) is 35.4 Å². The number of benzene rings is 2. The van der Waals surface area contributed by atoms with E-state index in [4.69, 9.17) is 4.42 Å². The molecule has 2 aromatic carbocycles. The maximum atomic E-state index is 13.1. The molecule has 18 heavy (non-hydrogen) atoms. The molecule has 0 radical (unpaired) electrons. The van der Waals surface area contributed by atoms with Gasteiger partial charge in [0.2, 0.25) is 0 Å². The maximum Gasteiger partial charge on any atom is 0.150 e. The molecule has 0 spiro atoms. The molecule has 0 bridgehead atoms. The predicted octanol–water partition coefficient (Wildman–Crippen LogP) is 4.05. The molecule has 0 saturated heterocycles. The minimum absolute atomic E-state index is 0.337. The second-order valence-electron chi connectivity index (χ2n) is 3.99. The summed E-state index contributed by atoms with van der Waals surface area (Å²) in [6, 6.07) is 11.6. The quantitative estimate of drug-likeness (QED) is 0.632. The average Bonchev–Trinajstić information content (AvgIpc) is 2.86. The molecule has 0 unspecified atom stereocenters.